The van der Waals surface area contributed by atoms with Gasteiger partial charge in [-0.05, 0) is 0 Å². The predicted octanol–water partition coefficient (Wildman–Crippen LogP) is 5.36. The molecular weight excluding hydrogens is 374 g/mol. The molecule has 0 fully saturated rings. The quantitative estimate of drug-likeness (QED) is 0.481. The van der Waals surface area contributed by atoms with Gasteiger partial charge in [0.1, 0.15) is 0 Å². The van der Waals surface area contributed by atoms with E-state index in [4.69, 9.17) is 0 Å². The molecule has 2 rings (SSSR count). The van der Waals surface area contributed by atoms with Crippen molar-refractivity contribution in [2.45, 2.75) is 39.0 Å². The fourth-order valence-electron chi connectivity index (χ4n) is 3.40. The standard InChI is InChI=1S/C18H24IP/c1-15(2)20(19,16(3)4,17-11-7-5-8-12-17)18-13-9-6-10-14-18/h5-16H,1-4H3. The molecule has 20 heavy (non-hydrogen) atoms. The molecule has 0 aromatic heterocycles. The minimum absolute atomic E-state index is 0.617. The molecule has 0 unspecified atom stereocenters. The van der Waals surface area contributed by atoms with Gasteiger partial charge in [-0.25, -0.2) is 0 Å². The van der Waals surface area contributed by atoms with Crippen molar-refractivity contribution in [3.63, 3.8) is 0 Å². The van der Waals surface area contributed by atoms with E-state index in [-0.39, 0.29) is 0 Å². The number of hydrogen-bond acceptors (Lipinski definition) is 0. The van der Waals surface area contributed by atoms with E-state index in [0.717, 1.165) is 0 Å². The van der Waals surface area contributed by atoms with Crippen molar-refractivity contribution in [2.24, 2.45) is 0 Å². The van der Waals surface area contributed by atoms with Crippen molar-refractivity contribution < 1.29 is 0 Å². The second-order valence-corrected chi connectivity index (χ2v) is 17.6. The number of halogens is 1. The summed E-state index contributed by atoms with van der Waals surface area (Å²) in [5.74, 6) is 0. The van der Waals surface area contributed by atoms with Crippen molar-refractivity contribution in [3.8, 4) is 0 Å². The third-order valence-electron chi connectivity index (χ3n) is 4.58. The first-order valence-electron chi connectivity index (χ1n) is 7.26. The first-order valence-corrected chi connectivity index (χ1v) is 12.4. The molecule has 0 aliphatic carbocycles. The fraction of sp³-hybridized carbons (Fsp3) is 0.333. The van der Waals surface area contributed by atoms with Crippen LogP contribution in [-0.2, 0) is 0 Å². The number of benzene rings is 2. The number of rotatable bonds is 4. The molecule has 0 saturated carbocycles. The van der Waals surface area contributed by atoms with E-state index in [1.54, 1.807) is 0 Å². The van der Waals surface area contributed by atoms with Crippen molar-refractivity contribution in [1.82, 2.24) is 0 Å². The van der Waals surface area contributed by atoms with Gasteiger partial charge in [0.05, 0.1) is 0 Å². The Morgan fingerprint density at radius 2 is 0.950 bits per heavy atom. The average Bonchev–Trinajstić information content (AvgIpc) is 2.48. The van der Waals surface area contributed by atoms with Gasteiger partial charge in [0.15, 0.2) is 0 Å². The maximum absolute atomic E-state index is 2.85. The van der Waals surface area contributed by atoms with Crippen LogP contribution in [0, 0.1) is 0 Å². The molecule has 0 aliphatic rings. The van der Waals surface area contributed by atoms with Gasteiger partial charge in [0.25, 0.3) is 0 Å². The Hall–Kier alpha value is -0.400. The summed E-state index contributed by atoms with van der Waals surface area (Å²) in [6, 6.07) is 22.3. The summed E-state index contributed by atoms with van der Waals surface area (Å²) in [4.78, 5) is 0. The van der Waals surface area contributed by atoms with E-state index in [9.17, 15) is 0 Å². The second kappa shape index (κ2) is 5.77. The molecule has 0 nitrogen and oxygen atoms in total. The van der Waals surface area contributed by atoms with Gasteiger partial charge < -0.3 is 0 Å². The minimum atomic E-state index is -2.23. The van der Waals surface area contributed by atoms with Crippen molar-refractivity contribution >= 4 is 36.9 Å². The van der Waals surface area contributed by atoms with Gasteiger partial charge in [0.2, 0.25) is 0 Å². The fourth-order valence-corrected chi connectivity index (χ4v) is 10.8. The van der Waals surface area contributed by atoms with E-state index in [0.29, 0.717) is 11.3 Å². The first kappa shape index (κ1) is 16.0. The molecule has 2 aromatic rings. The Labute approximate surface area is 136 Å². The normalized spacial score (nSPS) is 14.2. The molecule has 2 aromatic carbocycles. The molecule has 0 aliphatic heterocycles. The third-order valence-corrected chi connectivity index (χ3v) is 21.3. The summed E-state index contributed by atoms with van der Waals surface area (Å²) < 4.78 is -2.23. The summed E-state index contributed by atoms with van der Waals surface area (Å²) >= 11 is 2.85. The van der Waals surface area contributed by atoms with Crippen LogP contribution in [0.1, 0.15) is 27.7 Å². The zero-order valence-corrected chi connectivity index (χ0v) is 15.8. The summed E-state index contributed by atoms with van der Waals surface area (Å²) in [5, 5.41) is 3.05. The molecule has 0 bridgehead atoms. The Balaban J connectivity index is 2.86. The van der Waals surface area contributed by atoms with E-state index in [1.165, 1.54) is 10.6 Å². The van der Waals surface area contributed by atoms with Gasteiger partial charge >= 0.3 is 137 Å². The number of hydrogen-bond donors (Lipinski definition) is 0. The van der Waals surface area contributed by atoms with Crippen LogP contribution in [0.2, 0.25) is 0 Å². The predicted molar refractivity (Wildman–Crippen MR) is 103 cm³/mol. The van der Waals surface area contributed by atoms with E-state index < -0.39 is 4.25 Å². The van der Waals surface area contributed by atoms with Crippen LogP contribution in [0.5, 0.6) is 0 Å². The van der Waals surface area contributed by atoms with Crippen LogP contribution < -0.4 is 10.6 Å². The maximum atomic E-state index is 2.85. The Kier molecular flexibility index (Phi) is 4.61. The first-order chi connectivity index (χ1) is 9.42. The summed E-state index contributed by atoms with van der Waals surface area (Å²) in [6.07, 6.45) is 0. The molecule has 0 amide bonds. The van der Waals surface area contributed by atoms with E-state index in [2.05, 4.69) is 110 Å². The van der Waals surface area contributed by atoms with Crippen molar-refractivity contribution in [1.29, 1.82) is 0 Å². The summed E-state index contributed by atoms with van der Waals surface area (Å²) in [7, 11) is 0. The van der Waals surface area contributed by atoms with Crippen molar-refractivity contribution in [3.05, 3.63) is 60.7 Å². The topological polar surface area (TPSA) is 0 Å². The average molecular weight is 398 g/mol. The Morgan fingerprint density at radius 3 is 1.20 bits per heavy atom. The molecular formula is C18H24IP. The van der Waals surface area contributed by atoms with Crippen molar-refractivity contribution in [2.75, 3.05) is 0 Å². The van der Waals surface area contributed by atoms with Crippen LogP contribution in [0.15, 0.2) is 60.7 Å². The zero-order valence-electron chi connectivity index (χ0n) is 12.8. The third kappa shape index (κ3) is 2.14. The molecule has 108 valence electrons. The SMILES string of the molecule is CC(C)P(I)(c1ccccc1)(c1ccccc1)C(C)C. The summed E-state index contributed by atoms with van der Waals surface area (Å²) in [5.41, 5.74) is 1.23. The van der Waals surface area contributed by atoms with Crippen LogP contribution >= 0.6 is 26.3 Å². The molecule has 0 atom stereocenters. The molecule has 0 heterocycles. The second-order valence-electron chi connectivity index (χ2n) is 6.00. The summed E-state index contributed by atoms with van der Waals surface area (Å²) in [6.45, 7) is 9.57. The van der Waals surface area contributed by atoms with Gasteiger partial charge in [-0.3, -0.25) is 0 Å². The molecule has 0 radical (unpaired) electrons. The van der Waals surface area contributed by atoms with Gasteiger partial charge in [0, 0.05) is 0 Å². The van der Waals surface area contributed by atoms with E-state index >= 15 is 0 Å². The van der Waals surface area contributed by atoms with Crippen LogP contribution in [0.4, 0.5) is 0 Å². The monoisotopic (exact) mass is 398 g/mol. The van der Waals surface area contributed by atoms with Crippen LogP contribution in [0.25, 0.3) is 0 Å². The van der Waals surface area contributed by atoms with Crippen LogP contribution in [-0.4, -0.2) is 11.3 Å². The molecule has 0 N–H and O–H groups in total. The van der Waals surface area contributed by atoms with Gasteiger partial charge in [-0.2, -0.15) is 0 Å². The molecule has 0 spiro atoms. The zero-order chi connectivity index (χ0) is 14.8. The van der Waals surface area contributed by atoms with E-state index in [1.807, 2.05) is 0 Å². The van der Waals surface area contributed by atoms with Crippen LogP contribution in [0.3, 0.4) is 0 Å². The van der Waals surface area contributed by atoms with Gasteiger partial charge in [-0.1, -0.05) is 0 Å². The Morgan fingerprint density at radius 1 is 0.650 bits per heavy atom. The Bertz CT molecular complexity index is 509. The molecule has 2 heteroatoms. The molecule has 0 saturated heterocycles. The van der Waals surface area contributed by atoms with Gasteiger partial charge in [-0.15, -0.1) is 0 Å².